The van der Waals surface area contributed by atoms with E-state index in [2.05, 4.69) is 14.8 Å². The van der Waals surface area contributed by atoms with Crippen molar-refractivity contribution in [1.82, 2.24) is 14.9 Å². The minimum Gasteiger partial charge on any atom is -0.378 e. The van der Waals surface area contributed by atoms with Gasteiger partial charge in [0.2, 0.25) is 0 Å². The summed E-state index contributed by atoms with van der Waals surface area (Å²) in [6.07, 6.45) is 3.37. The van der Waals surface area contributed by atoms with Gasteiger partial charge in [0.15, 0.2) is 0 Å². The second-order valence-electron chi connectivity index (χ2n) is 8.95. The lowest BCUT2D eigenvalue weighted by Gasteiger charge is -2.24. The zero-order valence-electron chi connectivity index (χ0n) is 17.6. The molecule has 1 aliphatic carbocycles. The van der Waals surface area contributed by atoms with E-state index in [-0.39, 0.29) is 5.91 Å². The molecule has 6 heteroatoms. The molecule has 0 saturated carbocycles. The van der Waals surface area contributed by atoms with Crippen LogP contribution in [-0.4, -0.2) is 61.0 Å². The van der Waals surface area contributed by atoms with E-state index in [0.717, 1.165) is 61.9 Å². The van der Waals surface area contributed by atoms with Crippen molar-refractivity contribution >= 4 is 17.4 Å². The lowest BCUT2D eigenvalue weighted by molar-refractivity contribution is 0.0782. The molecular weight excluding hydrogens is 362 g/mol. The van der Waals surface area contributed by atoms with Crippen molar-refractivity contribution in [1.29, 1.82) is 0 Å². The quantitative estimate of drug-likeness (QED) is 0.805. The highest BCUT2D eigenvalue weighted by Gasteiger charge is 2.43. The van der Waals surface area contributed by atoms with Gasteiger partial charge in [-0.25, -0.2) is 9.97 Å². The molecule has 1 aromatic heterocycles. The average molecular weight is 392 g/mol. The number of benzene rings is 1. The molecule has 2 unspecified atom stereocenters. The lowest BCUT2D eigenvalue weighted by Crippen LogP contribution is -2.34. The number of anilines is 2. The number of rotatable bonds is 3. The summed E-state index contributed by atoms with van der Waals surface area (Å²) in [7, 11) is 4.01. The lowest BCUT2D eigenvalue weighted by atomic mass is 10.0. The van der Waals surface area contributed by atoms with Crippen LogP contribution in [0.5, 0.6) is 0 Å². The summed E-state index contributed by atoms with van der Waals surface area (Å²) in [5.41, 5.74) is 4.47. The maximum absolute atomic E-state index is 13.1. The molecule has 3 heterocycles. The Morgan fingerprint density at radius 2 is 1.83 bits per heavy atom. The van der Waals surface area contributed by atoms with Crippen molar-refractivity contribution < 1.29 is 4.79 Å². The predicted octanol–water partition coefficient (Wildman–Crippen LogP) is 2.55. The van der Waals surface area contributed by atoms with E-state index in [4.69, 9.17) is 4.98 Å². The molecule has 0 radical (unpaired) electrons. The van der Waals surface area contributed by atoms with Crippen molar-refractivity contribution in [2.24, 2.45) is 11.8 Å². The third-order valence-electron chi connectivity index (χ3n) is 6.71. The van der Waals surface area contributed by atoms with Crippen LogP contribution in [0, 0.1) is 18.8 Å². The van der Waals surface area contributed by atoms with E-state index in [9.17, 15) is 4.79 Å². The molecule has 2 aliphatic heterocycles. The van der Waals surface area contributed by atoms with Crippen LogP contribution in [0.2, 0.25) is 0 Å². The molecule has 0 bridgehead atoms. The Bertz CT molecular complexity index is 942. The topological polar surface area (TPSA) is 52.6 Å². The van der Waals surface area contributed by atoms with E-state index in [1.54, 1.807) is 0 Å². The molecule has 2 fully saturated rings. The number of hydrogen-bond donors (Lipinski definition) is 0. The van der Waals surface area contributed by atoms with Gasteiger partial charge in [-0.3, -0.25) is 4.79 Å². The Hall–Kier alpha value is -2.63. The van der Waals surface area contributed by atoms with Gasteiger partial charge in [-0.2, -0.15) is 0 Å². The van der Waals surface area contributed by atoms with Gasteiger partial charge in [0.25, 0.3) is 5.91 Å². The molecule has 5 rings (SSSR count). The summed E-state index contributed by atoms with van der Waals surface area (Å²) in [6.45, 7) is 5.68. The van der Waals surface area contributed by atoms with Crippen molar-refractivity contribution in [2.45, 2.75) is 26.2 Å². The monoisotopic (exact) mass is 391 g/mol. The van der Waals surface area contributed by atoms with Crippen LogP contribution >= 0.6 is 0 Å². The normalized spacial score (nSPS) is 22.7. The molecule has 1 amide bonds. The van der Waals surface area contributed by atoms with Gasteiger partial charge in [0, 0.05) is 74.6 Å². The van der Waals surface area contributed by atoms with Crippen LogP contribution in [0.4, 0.5) is 11.5 Å². The van der Waals surface area contributed by atoms with E-state index in [0.29, 0.717) is 11.8 Å². The largest absolute Gasteiger partial charge is 0.378 e. The van der Waals surface area contributed by atoms with Crippen LogP contribution in [0.1, 0.15) is 33.9 Å². The standard InChI is InChI=1S/C23H29N5O/c1-15-24-21-9-5-8-20(21)22(25-15)27-11-17-13-28(14-18(17)12-27)23(29)16-6-4-7-19(10-16)26(2)3/h4,6-7,10,17-18H,5,8-9,11-14H2,1-3H3. The molecule has 2 saturated heterocycles. The van der Waals surface area contributed by atoms with Gasteiger partial charge >= 0.3 is 0 Å². The zero-order valence-corrected chi connectivity index (χ0v) is 17.6. The second-order valence-corrected chi connectivity index (χ2v) is 8.95. The Morgan fingerprint density at radius 1 is 1.07 bits per heavy atom. The van der Waals surface area contributed by atoms with Crippen LogP contribution in [-0.2, 0) is 12.8 Å². The summed E-state index contributed by atoms with van der Waals surface area (Å²) in [5, 5.41) is 0. The van der Waals surface area contributed by atoms with E-state index >= 15 is 0 Å². The fourth-order valence-corrected chi connectivity index (χ4v) is 5.23. The van der Waals surface area contributed by atoms with Gasteiger partial charge in [-0.05, 0) is 44.4 Å². The van der Waals surface area contributed by atoms with Crippen molar-refractivity contribution in [3.05, 3.63) is 46.9 Å². The molecule has 0 N–H and O–H groups in total. The van der Waals surface area contributed by atoms with Crippen molar-refractivity contribution in [3.63, 3.8) is 0 Å². The van der Waals surface area contributed by atoms with Gasteiger partial charge < -0.3 is 14.7 Å². The average Bonchev–Trinajstić information content (AvgIpc) is 3.41. The number of amides is 1. The number of fused-ring (bicyclic) bond motifs is 2. The first-order valence-electron chi connectivity index (χ1n) is 10.7. The first-order valence-corrected chi connectivity index (χ1v) is 10.7. The fraction of sp³-hybridized carbons (Fsp3) is 0.522. The number of likely N-dealkylation sites (tertiary alicyclic amines) is 1. The van der Waals surface area contributed by atoms with Crippen LogP contribution in [0.3, 0.4) is 0 Å². The first-order chi connectivity index (χ1) is 14.0. The zero-order chi connectivity index (χ0) is 20.1. The van der Waals surface area contributed by atoms with Gasteiger partial charge in [-0.1, -0.05) is 6.07 Å². The third-order valence-corrected chi connectivity index (χ3v) is 6.71. The molecule has 0 spiro atoms. The highest BCUT2D eigenvalue weighted by molar-refractivity contribution is 5.95. The summed E-state index contributed by atoms with van der Waals surface area (Å²) in [5.74, 6) is 3.27. The Kier molecular flexibility index (Phi) is 4.45. The van der Waals surface area contributed by atoms with Gasteiger partial charge in [0.05, 0.1) is 0 Å². The Labute approximate surface area is 172 Å². The number of aromatic nitrogens is 2. The predicted molar refractivity (Wildman–Crippen MR) is 115 cm³/mol. The SMILES string of the molecule is Cc1nc2c(c(N3CC4CN(C(=O)c5cccc(N(C)C)c5)CC4C3)n1)CCC2. The maximum Gasteiger partial charge on any atom is 0.253 e. The summed E-state index contributed by atoms with van der Waals surface area (Å²) < 4.78 is 0. The fourth-order valence-electron chi connectivity index (χ4n) is 5.23. The number of aryl methyl sites for hydroxylation is 2. The van der Waals surface area contributed by atoms with E-state index in [1.807, 2.05) is 50.2 Å². The summed E-state index contributed by atoms with van der Waals surface area (Å²) >= 11 is 0. The van der Waals surface area contributed by atoms with Crippen molar-refractivity contribution in [2.75, 3.05) is 50.1 Å². The highest BCUT2D eigenvalue weighted by Crippen LogP contribution is 2.37. The minimum atomic E-state index is 0.161. The van der Waals surface area contributed by atoms with Crippen LogP contribution in [0.15, 0.2) is 24.3 Å². The third kappa shape index (κ3) is 3.24. The Balaban J connectivity index is 1.30. The molecule has 1 aromatic carbocycles. The molecule has 3 aliphatic rings. The smallest absolute Gasteiger partial charge is 0.253 e. The highest BCUT2D eigenvalue weighted by atomic mass is 16.2. The summed E-state index contributed by atoms with van der Waals surface area (Å²) in [4.78, 5) is 29.1. The number of hydrogen-bond acceptors (Lipinski definition) is 5. The molecule has 29 heavy (non-hydrogen) atoms. The number of nitrogens with zero attached hydrogens (tertiary/aromatic N) is 5. The summed E-state index contributed by atoms with van der Waals surface area (Å²) in [6, 6.07) is 7.94. The van der Waals surface area contributed by atoms with E-state index < -0.39 is 0 Å². The molecule has 6 nitrogen and oxygen atoms in total. The number of carbonyl (C=O) groups is 1. The molecular formula is C23H29N5O. The van der Waals surface area contributed by atoms with Gasteiger partial charge in [0.1, 0.15) is 11.6 Å². The van der Waals surface area contributed by atoms with Crippen LogP contribution < -0.4 is 9.80 Å². The van der Waals surface area contributed by atoms with Crippen molar-refractivity contribution in [3.8, 4) is 0 Å². The van der Waals surface area contributed by atoms with E-state index in [1.165, 1.54) is 17.7 Å². The molecule has 2 aromatic rings. The number of carbonyl (C=O) groups excluding carboxylic acids is 1. The second kappa shape index (κ2) is 7.01. The minimum absolute atomic E-state index is 0.161. The van der Waals surface area contributed by atoms with Gasteiger partial charge in [-0.15, -0.1) is 0 Å². The van der Waals surface area contributed by atoms with Crippen LogP contribution in [0.25, 0.3) is 0 Å². The Morgan fingerprint density at radius 3 is 2.55 bits per heavy atom. The maximum atomic E-state index is 13.1. The first kappa shape index (κ1) is 18.4. The molecule has 2 atom stereocenters. The molecule has 152 valence electrons.